The van der Waals surface area contributed by atoms with Crippen molar-refractivity contribution in [1.82, 2.24) is 0 Å². The van der Waals surface area contributed by atoms with Crippen LogP contribution < -0.4 is 18.9 Å². The van der Waals surface area contributed by atoms with Crippen molar-refractivity contribution >= 4 is 11.4 Å². The molecule has 46 heavy (non-hydrogen) atoms. The number of ether oxygens (including phenoxy) is 4. The van der Waals surface area contributed by atoms with E-state index in [2.05, 4.69) is 11.8 Å². The van der Waals surface area contributed by atoms with Crippen molar-refractivity contribution in [2.75, 3.05) is 28.4 Å². The predicted octanol–water partition coefficient (Wildman–Crippen LogP) is 7.35. The zero-order valence-corrected chi connectivity index (χ0v) is 26.1. The van der Waals surface area contributed by atoms with Gasteiger partial charge in [-0.15, -0.1) is 0 Å². The van der Waals surface area contributed by atoms with Gasteiger partial charge in [-0.3, -0.25) is 4.79 Å². The summed E-state index contributed by atoms with van der Waals surface area (Å²) in [6.45, 7) is 0. The summed E-state index contributed by atoms with van der Waals surface area (Å²) >= 11 is 0. The number of methoxy groups -OCH3 is 4. The SMILES string of the molecule is COc1ccc(C(=O)C(=C(c2ccccc2)c2ccccc2)C(O)(C#Cc2ccccc2)c2ccc(OC)cc2OC)c(OC)c1. The van der Waals surface area contributed by atoms with E-state index in [0.29, 0.717) is 33.8 Å². The molecule has 1 atom stereocenters. The molecule has 230 valence electrons. The number of Topliss-reactive ketones (excluding diaryl/α,β-unsaturated/α-hetero) is 1. The Balaban J connectivity index is 1.97. The van der Waals surface area contributed by atoms with Gasteiger partial charge in [0, 0.05) is 28.8 Å². The smallest absolute Gasteiger partial charge is 0.197 e. The highest BCUT2D eigenvalue weighted by Crippen LogP contribution is 2.45. The van der Waals surface area contributed by atoms with Crippen molar-refractivity contribution < 1.29 is 28.8 Å². The molecule has 1 N–H and O–H groups in total. The molecule has 5 aromatic carbocycles. The third-order valence-electron chi connectivity index (χ3n) is 7.58. The molecular weight excluding hydrogens is 576 g/mol. The molecule has 0 aliphatic carbocycles. The van der Waals surface area contributed by atoms with Gasteiger partial charge < -0.3 is 24.1 Å². The van der Waals surface area contributed by atoms with Crippen molar-refractivity contribution in [3.05, 3.63) is 161 Å². The zero-order valence-electron chi connectivity index (χ0n) is 26.1. The van der Waals surface area contributed by atoms with E-state index >= 15 is 4.79 Å². The third-order valence-corrected chi connectivity index (χ3v) is 7.58. The second kappa shape index (κ2) is 14.3. The molecule has 0 saturated heterocycles. The van der Waals surface area contributed by atoms with E-state index < -0.39 is 11.4 Å². The Kier molecular flexibility index (Phi) is 9.87. The molecule has 0 heterocycles. The lowest BCUT2D eigenvalue weighted by Gasteiger charge is -2.30. The van der Waals surface area contributed by atoms with Crippen LogP contribution in [0.2, 0.25) is 0 Å². The Labute approximate surface area is 269 Å². The largest absolute Gasteiger partial charge is 0.497 e. The Morgan fingerprint density at radius 1 is 0.609 bits per heavy atom. The molecule has 0 saturated carbocycles. The summed E-state index contributed by atoms with van der Waals surface area (Å²) in [6.07, 6.45) is 0. The lowest BCUT2D eigenvalue weighted by Crippen LogP contribution is -2.33. The fraction of sp³-hybridized carbons (Fsp3) is 0.125. The van der Waals surface area contributed by atoms with Crippen molar-refractivity contribution in [3.63, 3.8) is 0 Å². The summed E-state index contributed by atoms with van der Waals surface area (Å²) in [5, 5.41) is 13.2. The Morgan fingerprint density at radius 3 is 1.63 bits per heavy atom. The van der Waals surface area contributed by atoms with Crippen LogP contribution in [0.25, 0.3) is 5.57 Å². The van der Waals surface area contributed by atoms with Crippen LogP contribution in [0.1, 0.15) is 32.6 Å². The molecule has 5 rings (SSSR count). The monoisotopic (exact) mass is 610 g/mol. The highest BCUT2D eigenvalue weighted by atomic mass is 16.5. The van der Waals surface area contributed by atoms with Crippen LogP contribution in [-0.4, -0.2) is 39.3 Å². The number of carbonyl (C=O) groups is 1. The number of hydrogen-bond acceptors (Lipinski definition) is 6. The highest BCUT2D eigenvalue weighted by Gasteiger charge is 2.43. The van der Waals surface area contributed by atoms with E-state index in [4.69, 9.17) is 18.9 Å². The van der Waals surface area contributed by atoms with Crippen LogP contribution >= 0.6 is 0 Å². The fourth-order valence-corrected chi connectivity index (χ4v) is 5.29. The fourth-order valence-electron chi connectivity index (χ4n) is 5.29. The van der Waals surface area contributed by atoms with Gasteiger partial charge in [-0.25, -0.2) is 0 Å². The van der Waals surface area contributed by atoms with E-state index in [9.17, 15) is 5.11 Å². The minimum Gasteiger partial charge on any atom is -0.497 e. The van der Waals surface area contributed by atoms with Crippen molar-refractivity contribution in [1.29, 1.82) is 0 Å². The molecule has 0 fully saturated rings. The maximum atomic E-state index is 15.2. The van der Waals surface area contributed by atoms with E-state index in [-0.39, 0.29) is 28.2 Å². The second-order valence-corrected chi connectivity index (χ2v) is 10.3. The lowest BCUT2D eigenvalue weighted by molar-refractivity contribution is 0.0909. The molecular formula is C40H34O6. The average Bonchev–Trinajstić information content (AvgIpc) is 3.13. The first kappa shape index (κ1) is 31.6. The van der Waals surface area contributed by atoms with Gasteiger partial charge in [0.1, 0.15) is 23.0 Å². The van der Waals surface area contributed by atoms with Crippen LogP contribution in [0.3, 0.4) is 0 Å². The molecule has 0 spiro atoms. The summed E-state index contributed by atoms with van der Waals surface area (Å²) in [7, 11) is 6.07. The highest BCUT2D eigenvalue weighted by molar-refractivity contribution is 6.18. The molecule has 0 amide bonds. The first-order chi connectivity index (χ1) is 22.4. The quantitative estimate of drug-likeness (QED) is 0.101. The van der Waals surface area contributed by atoms with Gasteiger partial charge in [-0.05, 0) is 47.5 Å². The number of benzene rings is 5. The first-order valence-corrected chi connectivity index (χ1v) is 14.6. The van der Waals surface area contributed by atoms with Gasteiger partial charge in [0.15, 0.2) is 11.4 Å². The van der Waals surface area contributed by atoms with Gasteiger partial charge in [-0.1, -0.05) is 90.7 Å². The number of hydrogen-bond donors (Lipinski definition) is 1. The molecule has 0 aromatic heterocycles. The standard InChI is InChI=1S/C40H34O6/c1-43-31-20-22-33(35(26-31)45-3)39(41)38(37(29-16-10-6-11-17-29)30-18-12-7-13-19-30)40(42,25-24-28-14-8-5-9-15-28)34-23-21-32(44-2)27-36(34)46-4/h5-23,26-27,42H,1-4H3. The maximum Gasteiger partial charge on any atom is 0.197 e. The molecule has 0 aliphatic heterocycles. The normalized spacial score (nSPS) is 11.7. The number of carbonyl (C=O) groups excluding carboxylic acids is 1. The van der Waals surface area contributed by atoms with Crippen LogP contribution in [0.5, 0.6) is 23.0 Å². The van der Waals surface area contributed by atoms with E-state index in [1.54, 1.807) is 50.6 Å². The van der Waals surface area contributed by atoms with Gasteiger partial charge >= 0.3 is 0 Å². The summed E-state index contributed by atoms with van der Waals surface area (Å²) in [6, 6.07) is 38.2. The minimum atomic E-state index is -2.21. The number of ketones is 1. The average molecular weight is 611 g/mol. The summed E-state index contributed by atoms with van der Waals surface area (Å²) in [4.78, 5) is 15.2. The summed E-state index contributed by atoms with van der Waals surface area (Å²) < 4.78 is 22.4. The van der Waals surface area contributed by atoms with Crippen molar-refractivity contribution in [3.8, 4) is 34.8 Å². The zero-order chi connectivity index (χ0) is 32.5. The molecule has 0 bridgehead atoms. The van der Waals surface area contributed by atoms with Gasteiger partial charge in [-0.2, -0.15) is 0 Å². The Bertz CT molecular complexity index is 1860. The number of rotatable bonds is 10. The summed E-state index contributed by atoms with van der Waals surface area (Å²) in [5.41, 5.74) is 0.843. The molecule has 6 nitrogen and oxygen atoms in total. The topological polar surface area (TPSA) is 74.2 Å². The molecule has 6 heteroatoms. The summed E-state index contributed by atoms with van der Waals surface area (Å²) in [5.74, 6) is 7.34. The lowest BCUT2D eigenvalue weighted by atomic mass is 9.76. The first-order valence-electron chi connectivity index (χ1n) is 14.6. The Hall–Kier alpha value is -5.77. The van der Waals surface area contributed by atoms with Gasteiger partial charge in [0.2, 0.25) is 0 Å². The van der Waals surface area contributed by atoms with Crippen LogP contribution in [0.4, 0.5) is 0 Å². The molecule has 0 radical (unpaired) electrons. The predicted molar refractivity (Wildman–Crippen MR) is 180 cm³/mol. The molecule has 0 aliphatic rings. The third kappa shape index (κ3) is 6.51. The molecule has 5 aromatic rings. The second-order valence-electron chi connectivity index (χ2n) is 10.3. The van der Waals surface area contributed by atoms with E-state index in [1.165, 1.54) is 14.2 Å². The van der Waals surface area contributed by atoms with Crippen molar-refractivity contribution in [2.24, 2.45) is 0 Å². The van der Waals surface area contributed by atoms with Gasteiger partial charge in [0.05, 0.1) is 39.6 Å². The minimum absolute atomic E-state index is 0.0141. The molecule has 1 unspecified atom stereocenters. The Morgan fingerprint density at radius 2 is 1.11 bits per heavy atom. The van der Waals surface area contributed by atoms with Crippen LogP contribution in [-0.2, 0) is 5.60 Å². The van der Waals surface area contributed by atoms with Crippen molar-refractivity contribution in [2.45, 2.75) is 5.60 Å². The van der Waals surface area contributed by atoms with E-state index in [0.717, 1.165) is 0 Å². The van der Waals surface area contributed by atoms with E-state index in [1.807, 2.05) is 91.0 Å². The van der Waals surface area contributed by atoms with Crippen LogP contribution in [0, 0.1) is 11.8 Å². The number of aliphatic hydroxyl groups is 1. The van der Waals surface area contributed by atoms with Gasteiger partial charge in [0.25, 0.3) is 0 Å². The van der Waals surface area contributed by atoms with Crippen LogP contribution in [0.15, 0.2) is 133 Å². The maximum absolute atomic E-state index is 15.2.